The molecular formula is C55H59Cl6IO12S6. The molecule has 3 heterocycles. The smallest absolute Gasteiger partial charge is 0.348 e. The van der Waals surface area contributed by atoms with Gasteiger partial charge in [-0.15, -0.1) is 69.3 Å². The largest absolute Gasteiger partial charge is 0.481 e. The molecule has 6 rings (SSSR count). The number of thiophene rings is 3. The number of methoxy groups -OCH3 is 2. The van der Waals surface area contributed by atoms with Crippen molar-refractivity contribution in [1.29, 1.82) is 0 Å². The third-order valence-electron chi connectivity index (χ3n) is 8.80. The number of carboxylic acids is 1. The van der Waals surface area contributed by atoms with Gasteiger partial charge in [-0.3, -0.25) is 14.4 Å². The highest BCUT2D eigenvalue weighted by molar-refractivity contribution is 14.1. The summed E-state index contributed by atoms with van der Waals surface area (Å²) in [5.41, 5.74) is -0.119. The lowest BCUT2D eigenvalue weighted by Gasteiger charge is -2.18. The van der Waals surface area contributed by atoms with Crippen LogP contribution in [0.5, 0.6) is 0 Å². The Kier molecular flexibility index (Phi) is 30.7. The summed E-state index contributed by atoms with van der Waals surface area (Å²) in [7, 11) is 2.69. The molecule has 0 bridgehead atoms. The molecule has 0 saturated carbocycles. The van der Waals surface area contributed by atoms with Crippen molar-refractivity contribution in [3.8, 4) is 20.9 Å². The highest BCUT2D eigenvalue weighted by Gasteiger charge is 2.23. The molecule has 0 amide bonds. The van der Waals surface area contributed by atoms with E-state index in [0.717, 1.165) is 40.4 Å². The van der Waals surface area contributed by atoms with Crippen molar-refractivity contribution in [1.82, 2.24) is 0 Å². The first-order valence-corrected chi connectivity index (χ1v) is 31.7. The van der Waals surface area contributed by atoms with E-state index in [0.29, 0.717) is 60.1 Å². The van der Waals surface area contributed by atoms with Gasteiger partial charge < -0.3 is 28.8 Å². The van der Waals surface area contributed by atoms with Crippen LogP contribution >= 0.6 is 161 Å². The van der Waals surface area contributed by atoms with Crippen LogP contribution < -0.4 is 0 Å². The van der Waals surface area contributed by atoms with Crippen LogP contribution in [0.1, 0.15) is 104 Å². The fourth-order valence-corrected chi connectivity index (χ4v) is 13.0. The maximum atomic E-state index is 12.2. The molecule has 3 aromatic heterocycles. The topological polar surface area (TPSA) is 169 Å². The van der Waals surface area contributed by atoms with Gasteiger partial charge in [-0.05, 0) is 165 Å². The average Bonchev–Trinajstić information content (AvgIpc) is 4.14. The Morgan fingerprint density at radius 2 is 0.812 bits per heavy atom. The number of thioether (sulfide) groups is 3. The predicted molar refractivity (Wildman–Crippen MR) is 344 cm³/mol. The number of hydrogen-bond donors (Lipinski definition) is 1. The number of benzene rings is 3. The number of halogens is 7. The highest BCUT2D eigenvalue weighted by atomic mass is 127. The second kappa shape index (κ2) is 33.6. The number of aryl methyl sites for hydroxylation is 1. The lowest BCUT2D eigenvalue weighted by atomic mass is 10.2. The van der Waals surface area contributed by atoms with Gasteiger partial charge in [0.2, 0.25) is 0 Å². The molecule has 1 N–H and O–H groups in total. The van der Waals surface area contributed by atoms with Crippen LogP contribution in [-0.4, -0.2) is 89.2 Å². The van der Waals surface area contributed by atoms with Crippen LogP contribution in [-0.2, 0) is 38.1 Å². The standard InChI is InChI=1S/C18H18Cl2O4S2.C17H16Cl2O4S2.C10H14O2S.C9H7Cl2IO2S.CH4/c1-18(2,3)24-17(22)14-6-5-13(26-14)10-7-12(20)15(8-11(10)19)25-9-16(21)23-4;1-17(2,3)23-16(22)13-5-4-12(25-13)9-6-11(19)14(7-10(9)18)24-8-15(20)21;1-7-5-6-8(13-7)9(11)12-10(2,3)4;1-14-9(13)4-15-8-3-5(10)7(12)2-6(8)11;/h5-8H,9H2,1-4H3;4-7H,8H2,1-3H3,(H,20,21);5-6H,1-4H3;2-3H,4H2,1H3;1H4. The van der Waals surface area contributed by atoms with Crippen LogP contribution in [0, 0.1) is 10.5 Å². The maximum Gasteiger partial charge on any atom is 0.348 e. The van der Waals surface area contributed by atoms with Gasteiger partial charge in [0, 0.05) is 44.0 Å². The molecule has 0 aliphatic rings. The zero-order chi connectivity index (χ0) is 59.7. The van der Waals surface area contributed by atoms with Gasteiger partial charge in [-0.25, -0.2) is 14.4 Å². The fraction of sp³-hybridized carbons (Fsp3) is 0.345. The van der Waals surface area contributed by atoms with Gasteiger partial charge in [0.05, 0.1) is 61.6 Å². The predicted octanol–water partition coefficient (Wildman–Crippen LogP) is 19.3. The second-order valence-corrected chi connectivity index (χ2v) is 29.0. The minimum Gasteiger partial charge on any atom is -0.481 e. The van der Waals surface area contributed by atoms with E-state index in [-0.39, 0.29) is 54.5 Å². The third kappa shape index (κ3) is 25.9. The Hall–Kier alpha value is -2.90. The summed E-state index contributed by atoms with van der Waals surface area (Å²) in [5, 5.41) is 11.8. The minimum atomic E-state index is -0.929. The van der Waals surface area contributed by atoms with Crippen molar-refractivity contribution in [3.63, 3.8) is 0 Å². The second-order valence-electron chi connectivity index (χ2n) is 18.9. The first kappa shape index (κ1) is 73.2. The van der Waals surface area contributed by atoms with E-state index in [4.69, 9.17) is 88.9 Å². The fourth-order valence-electron chi connectivity index (χ4n) is 5.52. The number of esters is 5. The van der Waals surface area contributed by atoms with Gasteiger partial charge in [-0.1, -0.05) is 77.0 Å². The lowest BCUT2D eigenvalue weighted by molar-refractivity contribution is -0.138. The number of carbonyl (C=O) groups excluding carboxylic acids is 5. The quantitative estimate of drug-likeness (QED) is 0.0359. The number of carboxylic acid groups (broad SMARTS) is 1. The van der Waals surface area contributed by atoms with Crippen molar-refractivity contribution < 1.29 is 57.6 Å². The van der Waals surface area contributed by atoms with Gasteiger partial charge in [0.25, 0.3) is 0 Å². The van der Waals surface area contributed by atoms with Crippen LogP contribution in [0.15, 0.2) is 87.5 Å². The van der Waals surface area contributed by atoms with E-state index in [9.17, 15) is 28.8 Å². The van der Waals surface area contributed by atoms with Crippen LogP contribution in [0.4, 0.5) is 0 Å². The normalized spacial score (nSPS) is 11.0. The van der Waals surface area contributed by atoms with E-state index < -0.39 is 22.8 Å². The summed E-state index contributed by atoms with van der Waals surface area (Å²) in [4.78, 5) is 75.1. The summed E-state index contributed by atoms with van der Waals surface area (Å²) in [5.74, 6) is -2.27. The molecule has 6 aromatic rings. The van der Waals surface area contributed by atoms with Gasteiger partial charge in [-0.2, -0.15) is 0 Å². The van der Waals surface area contributed by atoms with E-state index in [1.54, 1.807) is 60.7 Å². The maximum absolute atomic E-state index is 12.2. The molecule has 0 unspecified atom stereocenters. The molecule has 0 radical (unpaired) electrons. The number of rotatable bonds is 14. The van der Waals surface area contributed by atoms with Crippen molar-refractivity contribution >= 4 is 197 Å². The number of hydrogen-bond acceptors (Lipinski definition) is 17. The molecule has 0 atom stereocenters. The van der Waals surface area contributed by atoms with E-state index >= 15 is 0 Å². The summed E-state index contributed by atoms with van der Waals surface area (Å²) in [6.45, 7) is 18.5. The molecule has 3 aromatic carbocycles. The molecule has 436 valence electrons. The van der Waals surface area contributed by atoms with Crippen molar-refractivity contribution in [3.05, 3.63) is 126 Å². The minimum absolute atomic E-state index is 0. The zero-order valence-corrected chi connectivity index (χ0v) is 56.2. The molecule has 0 spiro atoms. The third-order valence-corrected chi connectivity index (χ3v) is 18.5. The molecular weight excluding hydrogens is 1380 g/mol. The monoisotopic (exact) mass is 1440 g/mol. The van der Waals surface area contributed by atoms with E-state index in [1.165, 1.54) is 71.8 Å². The first-order chi connectivity index (χ1) is 36.6. The zero-order valence-electron chi connectivity index (χ0n) is 44.6. The molecule has 0 fully saturated rings. The molecule has 80 heavy (non-hydrogen) atoms. The Balaban J connectivity index is 0.000000377. The lowest BCUT2D eigenvalue weighted by Crippen LogP contribution is -2.23. The Bertz CT molecular complexity index is 3120. The van der Waals surface area contributed by atoms with E-state index in [1.807, 2.05) is 81.4 Å². The molecule has 0 aliphatic heterocycles. The summed E-state index contributed by atoms with van der Waals surface area (Å²) in [6, 6.07) is 21.0. The van der Waals surface area contributed by atoms with Crippen molar-refractivity contribution in [2.45, 2.75) is 108 Å². The van der Waals surface area contributed by atoms with Gasteiger partial charge >= 0.3 is 35.8 Å². The number of ether oxygens (including phenoxy) is 5. The molecule has 25 heteroatoms. The van der Waals surface area contributed by atoms with Crippen LogP contribution in [0.3, 0.4) is 0 Å². The van der Waals surface area contributed by atoms with Crippen LogP contribution in [0.2, 0.25) is 30.1 Å². The summed E-state index contributed by atoms with van der Waals surface area (Å²) in [6.07, 6.45) is 0. The Labute approximate surface area is 536 Å². The average molecular weight is 1440 g/mol. The Morgan fingerprint density at radius 3 is 1.14 bits per heavy atom. The number of aliphatic carboxylic acids is 1. The Morgan fingerprint density at radius 1 is 0.487 bits per heavy atom. The summed E-state index contributed by atoms with van der Waals surface area (Å²) >= 11 is 47.0. The van der Waals surface area contributed by atoms with Gasteiger partial charge in [0.1, 0.15) is 31.4 Å². The van der Waals surface area contributed by atoms with Gasteiger partial charge in [0.15, 0.2) is 0 Å². The van der Waals surface area contributed by atoms with Crippen molar-refractivity contribution in [2.75, 3.05) is 31.5 Å². The first-order valence-electron chi connectivity index (χ1n) is 22.9. The molecule has 0 aliphatic carbocycles. The van der Waals surface area contributed by atoms with E-state index in [2.05, 4.69) is 32.1 Å². The number of carbonyl (C=O) groups is 6. The summed E-state index contributed by atoms with van der Waals surface area (Å²) < 4.78 is 26.0. The highest BCUT2D eigenvalue weighted by Crippen LogP contribution is 2.42. The van der Waals surface area contributed by atoms with Crippen molar-refractivity contribution in [2.24, 2.45) is 0 Å². The SMILES string of the molecule is C.CC(C)(C)OC(=O)c1ccc(-c2cc(Cl)c(SCC(=O)O)cc2Cl)s1.COC(=O)CSc1cc(Cl)c(-c2ccc(C(=O)OC(C)(C)C)s2)cc1Cl.COC(=O)CSc1cc(Cl)c(I)cc1Cl.Cc1ccc(C(=O)OC(C)(C)C)s1. The van der Waals surface area contributed by atoms with Crippen LogP contribution in [0.25, 0.3) is 20.9 Å². The molecule has 12 nitrogen and oxygen atoms in total. The molecule has 0 saturated heterocycles.